The number of ketones is 1. The largest absolute Gasteiger partial charge is 0.299 e. The van der Waals surface area contributed by atoms with E-state index in [2.05, 4.69) is 92.6 Å². The highest BCUT2D eigenvalue weighted by Gasteiger charge is 2.03. The molecule has 32 heavy (non-hydrogen) atoms. The highest BCUT2D eigenvalue weighted by Crippen LogP contribution is 2.06. The number of rotatable bonds is 6. The van der Waals surface area contributed by atoms with E-state index < -0.39 is 0 Å². The monoisotopic (exact) mass is 457 g/mol. The van der Waals surface area contributed by atoms with E-state index in [9.17, 15) is 4.79 Å². The number of benzene rings is 1. The van der Waals surface area contributed by atoms with E-state index in [-0.39, 0.29) is 35.6 Å². The van der Waals surface area contributed by atoms with Crippen LogP contribution in [0.2, 0.25) is 0 Å². The number of carbonyl (C=O) groups is 1. The van der Waals surface area contributed by atoms with E-state index in [0.29, 0.717) is 5.78 Å². The molecule has 0 aliphatic heterocycles. The Morgan fingerprint density at radius 3 is 1.22 bits per heavy atom. The van der Waals surface area contributed by atoms with Crippen LogP contribution in [0.1, 0.15) is 131 Å². The fourth-order valence-corrected chi connectivity index (χ4v) is 1.62. The first kappa shape index (κ1) is 48.4. The first-order chi connectivity index (χ1) is 12.8. The van der Waals surface area contributed by atoms with Gasteiger partial charge in [0, 0.05) is 12.3 Å². The molecule has 0 spiro atoms. The molecule has 0 amide bonds. The second kappa shape index (κ2) is 32.1. The van der Waals surface area contributed by atoms with E-state index in [1.54, 1.807) is 0 Å². The Morgan fingerprint density at radius 1 is 0.688 bits per heavy atom. The molecule has 1 aromatic rings. The Kier molecular flexibility index (Phi) is 48.5. The molecule has 0 radical (unpaired) electrons. The summed E-state index contributed by atoms with van der Waals surface area (Å²) in [6.45, 7) is 25.9. The van der Waals surface area contributed by atoms with E-state index in [0.717, 1.165) is 36.5 Å². The van der Waals surface area contributed by atoms with Gasteiger partial charge in [0.05, 0.1) is 0 Å². The third-order valence-corrected chi connectivity index (χ3v) is 3.96. The lowest BCUT2D eigenvalue weighted by atomic mass is 10.0. The molecular weight excluding hydrogens is 388 g/mol. The van der Waals surface area contributed by atoms with Gasteiger partial charge in [-0.05, 0) is 42.1 Å². The van der Waals surface area contributed by atoms with Crippen molar-refractivity contribution in [1.82, 2.24) is 0 Å². The van der Waals surface area contributed by atoms with Gasteiger partial charge in [-0.1, -0.05) is 143 Å². The molecule has 0 N–H and O–H groups in total. The minimum Gasteiger partial charge on any atom is -0.299 e. The SMILES string of the molecule is C.C.C.C.CC(C)C.CC(C)C(C)C.CC(C)Cc1ccccc1.CCCC(=O)C(C)C. The number of hydrogen-bond acceptors (Lipinski definition) is 1. The van der Waals surface area contributed by atoms with Crippen molar-refractivity contribution < 1.29 is 4.79 Å². The highest BCUT2D eigenvalue weighted by molar-refractivity contribution is 5.80. The second-order valence-electron chi connectivity index (χ2n) is 9.67. The minimum absolute atomic E-state index is 0. The molecule has 0 bridgehead atoms. The first-order valence-electron chi connectivity index (χ1n) is 11.4. The molecule has 1 aromatic carbocycles. The van der Waals surface area contributed by atoms with Crippen LogP contribution in [0.15, 0.2) is 30.3 Å². The number of hydrogen-bond donors (Lipinski definition) is 0. The van der Waals surface area contributed by atoms with Gasteiger partial charge in [0.1, 0.15) is 5.78 Å². The molecule has 0 aliphatic rings. The molecule has 0 heterocycles. The molecule has 0 atom stereocenters. The van der Waals surface area contributed by atoms with E-state index in [1.165, 1.54) is 12.0 Å². The van der Waals surface area contributed by atoms with Crippen LogP contribution in [-0.2, 0) is 11.2 Å². The van der Waals surface area contributed by atoms with Crippen LogP contribution in [0.3, 0.4) is 0 Å². The zero-order valence-corrected chi connectivity index (χ0v) is 21.3. The molecule has 1 heteroatoms. The summed E-state index contributed by atoms with van der Waals surface area (Å²) in [6, 6.07) is 10.6. The average molecular weight is 457 g/mol. The van der Waals surface area contributed by atoms with E-state index in [1.807, 2.05) is 20.8 Å². The van der Waals surface area contributed by atoms with Crippen molar-refractivity contribution in [2.45, 2.75) is 132 Å². The van der Waals surface area contributed by atoms with E-state index in [4.69, 9.17) is 0 Å². The molecule has 1 nitrogen and oxygen atoms in total. The molecular formula is C31H68O. The molecule has 0 saturated heterocycles. The maximum Gasteiger partial charge on any atom is 0.135 e. The number of Topliss-reactive ketones (excluding diaryl/α,β-unsaturated/α-hetero) is 1. The fraction of sp³-hybridized carbons (Fsp3) is 0.774. The van der Waals surface area contributed by atoms with Crippen LogP contribution >= 0.6 is 0 Å². The Morgan fingerprint density at radius 2 is 1.03 bits per heavy atom. The lowest BCUT2D eigenvalue weighted by molar-refractivity contribution is -0.121. The Labute approximate surface area is 208 Å². The van der Waals surface area contributed by atoms with Crippen LogP contribution < -0.4 is 0 Å². The Bertz CT molecular complexity index is 418. The van der Waals surface area contributed by atoms with Crippen molar-refractivity contribution in [2.24, 2.45) is 29.6 Å². The predicted octanol–water partition coefficient (Wildman–Crippen LogP) is 11.4. The zero-order chi connectivity index (χ0) is 22.7. The Balaban J connectivity index is -0.0000000523. The molecule has 0 saturated carbocycles. The summed E-state index contributed by atoms with van der Waals surface area (Å²) in [5.74, 6) is 3.92. The van der Waals surface area contributed by atoms with Gasteiger partial charge in [0.15, 0.2) is 0 Å². The highest BCUT2D eigenvalue weighted by atomic mass is 16.1. The number of carbonyl (C=O) groups excluding carboxylic acids is 1. The molecule has 0 unspecified atom stereocenters. The van der Waals surface area contributed by atoms with Gasteiger partial charge >= 0.3 is 0 Å². The van der Waals surface area contributed by atoms with Gasteiger partial charge in [0.25, 0.3) is 0 Å². The van der Waals surface area contributed by atoms with Gasteiger partial charge < -0.3 is 0 Å². The summed E-state index contributed by atoms with van der Waals surface area (Å²) < 4.78 is 0. The smallest absolute Gasteiger partial charge is 0.135 e. The third-order valence-electron chi connectivity index (χ3n) is 3.96. The van der Waals surface area contributed by atoms with Crippen LogP contribution in [0.4, 0.5) is 0 Å². The summed E-state index contributed by atoms with van der Waals surface area (Å²) in [5, 5.41) is 0. The van der Waals surface area contributed by atoms with Crippen LogP contribution in [0.25, 0.3) is 0 Å². The lowest BCUT2D eigenvalue weighted by Crippen LogP contribution is -2.04. The van der Waals surface area contributed by atoms with Gasteiger partial charge in [0.2, 0.25) is 0 Å². The maximum atomic E-state index is 10.7. The quantitative estimate of drug-likeness (QED) is 0.416. The summed E-state index contributed by atoms with van der Waals surface area (Å²) in [6.07, 6.45) is 2.93. The summed E-state index contributed by atoms with van der Waals surface area (Å²) >= 11 is 0. The standard InChI is InChI=1S/C10H14.C7H14O.C6H14.C4H10.4CH4/c1-9(2)8-10-6-4-3-5-7-10;1-4-5-7(8)6(2)3;1-5(2)6(3)4;1-4(2)3;;;;/h3-7,9H,8H2,1-2H3;6H,4-5H2,1-3H3;5-6H,1-4H3;4H,1-3H3;4*1H4. The van der Waals surface area contributed by atoms with Crippen LogP contribution in [-0.4, -0.2) is 5.78 Å². The summed E-state index contributed by atoms with van der Waals surface area (Å²) in [4.78, 5) is 10.7. The van der Waals surface area contributed by atoms with Crippen molar-refractivity contribution in [3.63, 3.8) is 0 Å². The van der Waals surface area contributed by atoms with Gasteiger partial charge in [-0.25, -0.2) is 0 Å². The minimum atomic E-state index is 0. The first-order valence-corrected chi connectivity index (χ1v) is 11.4. The van der Waals surface area contributed by atoms with Crippen molar-refractivity contribution in [1.29, 1.82) is 0 Å². The molecule has 0 aromatic heterocycles. The normalized spacial score (nSPS) is 8.91. The maximum absolute atomic E-state index is 10.7. The molecule has 0 aliphatic carbocycles. The average Bonchev–Trinajstić information content (AvgIpc) is 2.56. The van der Waals surface area contributed by atoms with Crippen molar-refractivity contribution in [3.05, 3.63) is 35.9 Å². The lowest BCUT2D eigenvalue weighted by Gasteiger charge is -2.05. The van der Waals surface area contributed by atoms with Gasteiger partial charge in [-0.2, -0.15) is 0 Å². The predicted molar refractivity (Wildman–Crippen MR) is 157 cm³/mol. The topological polar surface area (TPSA) is 17.1 Å². The zero-order valence-electron chi connectivity index (χ0n) is 21.3. The van der Waals surface area contributed by atoms with Gasteiger partial charge in [-0.3, -0.25) is 4.79 Å². The fourth-order valence-electron chi connectivity index (χ4n) is 1.62. The van der Waals surface area contributed by atoms with Crippen molar-refractivity contribution in [3.8, 4) is 0 Å². The molecule has 198 valence electrons. The van der Waals surface area contributed by atoms with E-state index >= 15 is 0 Å². The summed E-state index contributed by atoms with van der Waals surface area (Å²) in [5.41, 5.74) is 1.44. The Hall–Kier alpha value is -1.11. The molecule has 1 rings (SSSR count). The molecule has 0 fully saturated rings. The van der Waals surface area contributed by atoms with Crippen molar-refractivity contribution >= 4 is 5.78 Å². The third kappa shape index (κ3) is 46.9. The van der Waals surface area contributed by atoms with Crippen LogP contribution in [0, 0.1) is 29.6 Å². The van der Waals surface area contributed by atoms with Gasteiger partial charge in [-0.15, -0.1) is 0 Å². The summed E-state index contributed by atoms with van der Waals surface area (Å²) in [7, 11) is 0. The second-order valence-corrected chi connectivity index (χ2v) is 9.67. The van der Waals surface area contributed by atoms with Crippen molar-refractivity contribution in [2.75, 3.05) is 0 Å². The van der Waals surface area contributed by atoms with Crippen LogP contribution in [0.5, 0.6) is 0 Å².